The van der Waals surface area contributed by atoms with E-state index in [1.165, 1.54) is 7.11 Å². The molecule has 2 amide bonds. The Morgan fingerprint density at radius 1 is 1.46 bits per heavy atom. The third kappa shape index (κ3) is 2.25. The molecule has 0 radical (unpaired) electrons. The minimum atomic E-state index is -0.622. The minimum Gasteiger partial charge on any atom is -0.468 e. The van der Waals surface area contributed by atoms with Crippen LogP contribution in [0.1, 0.15) is 0 Å². The zero-order chi connectivity index (χ0) is 9.84. The second kappa shape index (κ2) is 3.99. The van der Waals surface area contributed by atoms with Crippen molar-refractivity contribution < 1.29 is 23.9 Å². The number of rotatable bonds is 2. The summed E-state index contributed by atoms with van der Waals surface area (Å²) in [6, 6.07) is 0. The molecule has 1 saturated heterocycles. The van der Waals surface area contributed by atoms with Gasteiger partial charge in [0.2, 0.25) is 0 Å². The predicted octanol–water partition coefficient (Wildman–Crippen LogP) is -1.46. The van der Waals surface area contributed by atoms with Crippen molar-refractivity contribution in [1.29, 1.82) is 0 Å². The van der Waals surface area contributed by atoms with Gasteiger partial charge in [-0.2, -0.15) is 0 Å². The lowest BCUT2D eigenvalue weighted by Crippen LogP contribution is -2.48. The fourth-order valence-electron chi connectivity index (χ4n) is 0.891. The van der Waals surface area contributed by atoms with Gasteiger partial charge in [-0.15, -0.1) is 0 Å². The summed E-state index contributed by atoms with van der Waals surface area (Å²) >= 11 is 0. The normalized spacial score (nSPS) is 17.5. The molecule has 1 rings (SSSR count). The second-order valence-electron chi connectivity index (χ2n) is 2.44. The maximum Gasteiger partial charge on any atom is 0.325 e. The average Bonchev–Trinajstić information content (AvgIpc) is 2.11. The van der Waals surface area contributed by atoms with E-state index in [1.54, 1.807) is 0 Å². The Labute approximate surface area is 74.4 Å². The zero-order valence-corrected chi connectivity index (χ0v) is 7.11. The maximum atomic E-state index is 11.0. The highest BCUT2D eigenvalue weighted by molar-refractivity contribution is 6.00. The molecule has 0 atom stereocenters. The number of morpholine rings is 1. The van der Waals surface area contributed by atoms with Crippen molar-refractivity contribution in [2.24, 2.45) is 0 Å². The molecule has 0 spiro atoms. The molecule has 0 unspecified atom stereocenters. The lowest BCUT2D eigenvalue weighted by molar-refractivity contribution is -0.163. The Morgan fingerprint density at radius 2 is 2.00 bits per heavy atom. The first kappa shape index (κ1) is 9.66. The number of ether oxygens (including phenoxy) is 2. The Hall–Kier alpha value is -1.43. The molecule has 0 aliphatic carbocycles. The molecule has 0 aromatic heterocycles. The average molecular weight is 187 g/mol. The van der Waals surface area contributed by atoms with Crippen molar-refractivity contribution in [3.05, 3.63) is 0 Å². The summed E-state index contributed by atoms with van der Waals surface area (Å²) in [5.74, 6) is -1.65. The van der Waals surface area contributed by atoms with E-state index in [0.29, 0.717) is 0 Å². The summed E-state index contributed by atoms with van der Waals surface area (Å²) in [6.07, 6.45) is 0. The Bertz CT molecular complexity index is 233. The topological polar surface area (TPSA) is 72.9 Å². The molecule has 0 saturated carbocycles. The Morgan fingerprint density at radius 3 is 2.46 bits per heavy atom. The highest BCUT2D eigenvalue weighted by Crippen LogP contribution is 2.00. The van der Waals surface area contributed by atoms with Crippen LogP contribution in [0.15, 0.2) is 0 Å². The van der Waals surface area contributed by atoms with Gasteiger partial charge in [0, 0.05) is 0 Å². The number of nitrogens with zero attached hydrogens (tertiary/aromatic N) is 1. The van der Waals surface area contributed by atoms with Crippen molar-refractivity contribution in [1.82, 2.24) is 4.90 Å². The van der Waals surface area contributed by atoms with Gasteiger partial charge in [0.25, 0.3) is 11.8 Å². The molecule has 0 bridgehead atoms. The Kier molecular flexibility index (Phi) is 2.97. The summed E-state index contributed by atoms with van der Waals surface area (Å²) in [4.78, 5) is 33.6. The summed E-state index contributed by atoms with van der Waals surface area (Å²) in [5.41, 5.74) is 0. The van der Waals surface area contributed by atoms with Crippen LogP contribution in [0.5, 0.6) is 0 Å². The third-order valence-corrected chi connectivity index (χ3v) is 1.57. The SMILES string of the molecule is COC(=O)CN1C(=O)COCC1=O. The number of amides is 2. The predicted molar refractivity (Wildman–Crippen MR) is 39.6 cm³/mol. The number of esters is 1. The standard InChI is InChI=1S/C7H9NO5/c1-12-7(11)2-8-5(9)3-13-4-6(8)10/h2-4H2,1H3. The number of carbonyl (C=O) groups is 3. The fraction of sp³-hybridized carbons (Fsp3) is 0.571. The first-order chi connectivity index (χ1) is 6.15. The fourth-order valence-corrected chi connectivity index (χ4v) is 0.891. The lowest BCUT2D eigenvalue weighted by Gasteiger charge is -2.23. The van der Waals surface area contributed by atoms with Gasteiger partial charge < -0.3 is 9.47 Å². The van der Waals surface area contributed by atoms with Crippen molar-refractivity contribution >= 4 is 17.8 Å². The molecule has 1 aliphatic heterocycles. The second-order valence-corrected chi connectivity index (χ2v) is 2.44. The molecule has 0 N–H and O–H groups in total. The monoisotopic (exact) mass is 187 g/mol. The molecule has 0 aromatic rings. The van der Waals surface area contributed by atoms with Crippen molar-refractivity contribution in [3.63, 3.8) is 0 Å². The third-order valence-electron chi connectivity index (χ3n) is 1.57. The van der Waals surface area contributed by atoms with Crippen molar-refractivity contribution in [3.8, 4) is 0 Å². The highest BCUT2D eigenvalue weighted by Gasteiger charge is 2.28. The molecule has 6 heteroatoms. The van der Waals surface area contributed by atoms with E-state index in [0.717, 1.165) is 4.90 Å². The van der Waals surface area contributed by atoms with Gasteiger partial charge in [0.1, 0.15) is 19.8 Å². The molecule has 13 heavy (non-hydrogen) atoms. The quantitative estimate of drug-likeness (QED) is 0.390. The molecular weight excluding hydrogens is 178 g/mol. The Balaban J connectivity index is 2.59. The minimum absolute atomic E-state index is 0.164. The van der Waals surface area contributed by atoms with Gasteiger partial charge >= 0.3 is 5.97 Å². The van der Waals surface area contributed by atoms with Gasteiger partial charge in [0.05, 0.1) is 7.11 Å². The van der Waals surface area contributed by atoms with E-state index >= 15 is 0 Å². The smallest absolute Gasteiger partial charge is 0.325 e. The molecule has 6 nitrogen and oxygen atoms in total. The molecule has 1 fully saturated rings. The van der Waals surface area contributed by atoms with E-state index in [2.05, 4.69) is 9.47 Å². The number of hydrogen-bond acceptors (Lipinski definition) is 5. The van der Waals surface area contributed by atoms with Crippen molar-refractivity contribution in [2.75, 3.05) is 26.9 Å². The van der Waals surface area contributed by atoms with Gasteiger partial charge in [-0.05, 0) is 0 Å². The van der Waals surface area contributed by atoms with Gasteiger partial charge in [-0.1, -0.05) is 0 Å². The first-order valence-electron chi connectivity index (χ1n) is 3.63. The summed E-state index contributed by atoms with van der Waals surface area (Å²) in [5, 5.41) is 0. The van der Waals surface area contributed by atoms with Crippen LogP contribution >= 0.6 is 0 Å². The van der Waals surface area contributed by atoms with E-state index in [9.17, 15) is 14.4 Å². The van der Waals surface area contributed by atoms with E-state index < -0.39 is 17.8 Å². The van der Waals surface area contributed by atoms with Crippen LogP contribution in [0.2, 0.25) is 0 Å². The van der Waals surface area contributed by atoms with Gasteiger partial charge in [-0.25, -0.2) is 0 Å². The van der Waals surface area contributed by atoms with Crippen LogP contribution in [0.25, 0.3) is 0 Å². The van der Waals surface area contributed by atoms with Gasteiger partial charge in [0.15, 0.2) is 0 Å². The highest BCUT2D eigenvalue weighted by atomic mass is 16.5. The summed E-state index contributed by atoms with van der Waals surface area (Å²) in [7, 11) is 1.19. The summed E-state index contributed by atoms with van der Waals surface area (Å²) < 4.78 is 8.97. The number of imide groups is 1. The van der Waals surface area contributed by atoms with Crippen LogP contribution in [-0.2, 0) is 23.9 Å². The first-order valence-corrected chi connectivity index (χ1v) is 3.63. The lowest BCUT2D eigenvalue weighted by atomic mass is 10.4. The molecule has 1 aliphatic rings. The van der Waals surface area contributed by atoms with Crippen LogP contribution < -0.4 is 0 Å². The molecule has 1 heterocycles. The maximum absolute atomic E-state index is 11.0. The number of hydrogen-bond donors (Lipinski definition) is 0. The van der Waals surface area contributed by atoms with E-state index in [4.69, 9.17) is 0 Å². The number of methoxy groups -OCH3 is 1. The largest absolute Gasteiger partial charge is 0.468 e. The van der Waals surface area contributed by atoms with Crippen LogP contribution in [0.3, 0.4) is 0 Å². The van der Waals surface area contributed by atoms with E-state index in [-0.39, 0.29) is 19.8 Å². The number of carbonyl (C=O) groups excluding carboxylic acids is 3. The van der Waals surface area contributed by atoms with Gasteiger partial charge in [-0.3, -0.25) is 19.3 Å². The summed E-state index contributed by atoms with van der Waals surface area (Å²) in [6.45, 7) is -0.664. The van der Waals surface area contributed by atoms with E-state index in [1.807, 2.05) is 0 Å². The molecule has 0 aromatic carbocycles. The molecule has 72 valence electrons. The van der Waals surface area contributed by atoms with Crippen molar-refractivity contribution in [2.45, 2.75) is 0 Å². The van der Waals surface area contributed by atoms with Crippen LogP contribution in [0, 0.1) is 0 Å². The zero-order valence-electron chi connectivity index (χ0n) is 7.11. The molecular formula is C7H9NO5. The van der Waals surface area contributed by atoms with Crippen LogP contribution in [0.4, 0.5) is 0 Å². The van der Waals surface area contributed by atoms with Crippen LogP contribution in [-0.4, -0.2) is 49.6 Å².